The van der Waals surface area contributed by atoms with Gasteiger partial charge in [0.2, 0.25) is 5.88 Å². The standard InChI is InChI=1S/C20H18F2N2O6/c1-28-19(26)15(23)8-11-6-13(21)17(14(22)7-11)29-12-4-2-10(3-5-12)9-16-18(25)24-20(27)30-16/h2-7,15,25H,8-9,23H2,1H3,(H,24,27). The lowest BCUT2D eigenvalue weighted by atomic mass is 10.1. The smallest absolute Gasteiger partial charge is 0.419 e. The van der Waals surface area contributed by atoms with Gasteiger partial charge in [-0.05, 0) is 41.8 Å². The van der Waals surface area contributed by atoms with Crippen molar-refractivity contribution in [1.29, 1.82) is 0 Å². The maximum atomic E-state index is 14.3. The number of rotatable bonds is 7. The molecule has 0 saturated carbocycles. The molecule has 1 heterocycles. The minimum atomic E-state index is -1.04. The van der Waals surface area contributed by atoms with Crippen LogP contribution in [0.5, 0.6) is 17.4 Å². The van der Waals surface area contributed by atoms with Crippen molar-refractivity contribution in [1.82, 2.24) is 4.98 Å². The molecule has 1 unspecified atom stereocenters. The maximum absolute atomic E-state index is 14.3. The number of hydrogen-bond acceptors (Lipinski definition) is 7. The lowest BCUT2D eigenvalue weighted by molar-refractivity contribution is -0.142. The van der Waals surface area contributed by atoms with Crippen LogP contribution in [-0.2, 0) is 22.4 Å². The minimum Gasteiger partial charge on any atom is -0.492 e. The van der Waals surface area contributed by atoms with Crippen molar-refractivity contribution in [3.63, 3.8) is 0 Å². The average molecular weight is 420 g/mol. The third-order valence-corrected chi connectivity index (χ3v) is 4.23. The molecule has 0 fully saturated rings. The Bertz CT molecular complexity index is 1080. The second kappa shape index (κ2) is 8.78. The number of aromatic hydroxyl groups is 1. The molecule has 0 amide bonds. The summed E-state index contributed by atoms with van der Waals surface area (Å²) >= 11 is 0. The highest BCUT2D eigenvalue weighted by Gasteiger charge is 2.19. The van der Waals surface area contributed by atoms with Gasteiger partial charge in [-0.25, -0.2) is 13.6 Å². The first-order chi connectivity index (χ1) is 14.3. The minimum absolute atomic E-state index is 0.0616. The summed E-state index contributed by atoms with van der Waals surface area (Å²) in [7, 11) is 1.17. The molecule has 1 aromatic heterocycles. The van der Waals surface area contributed by atoms with Gasteiger partial charge in [0.1, 0.15) is 11.8 Å². The fraction of sp³-hybridized carbons (Fsp3) is 0.200. The second-order valence-corrected chi connectivity index (χ2v) is 6.43. The fourth-order valence-electron chi connectivity index (χ4n) is 2.77. The Morgan fingerprint density at radius 2 is 1.83 bits per heavy atom. The number of esters is 1. The molecule has 30 heavy (non-hydrogen) atoms. The van der Waals surface area contributed by atoms with Gasteiger partial charge in [-0.15, -0.1) is 0 Å². The SMILES string of the molecule is COC(=O)C(N)Cc1cc(F)c(Oc2ccc(Cc3oc(=O)[nH]c3O)cc2)c(F)c1. The molecule has 8 nitrogen and oxygen atoms in total. The highest BCUT2D eigenvalue weighted by Crippen LogP contribution is 2.29. The number of nitrogens with two attached hydrogens (primary N) is 1. The normalized spacial score (nSPS) is 11.9. The summed E-state index contributed by atoms with van der Waals surface area (Å²) in [6.07, 6.45) is 0.0281. The summed E-state index contributed by atoms with van der Waals surface area (Å²) in [4.78, 5) is 24.5. The number of carbonyl (C=O) groups is 1. The van der Waals surface area contributed by atoms with Gasteiger partial charge in [-0.3, -0.25) is 9.78 Å². The largest absolute Gasteiger partial charge is 0.492 e. The number of nitrogens with one attached hydrogen (secondary N) is 1. The first kappa shape index (κ1) is 21.1. The maximum Gasteiger partial charge on any atom is 0.419 e. The van der Waals surface area contributed by atoms with Crippen molar-refractivity contribution in [2.75, 3.05) is 7.11 Å². The molecule has 0 aliphatic heterocycles. The number of aromatic nitrogens is 1. The Morgan fingerprint density at radius 1 is 1.20 bits per heavy atom. The van der Waals surface area contributed by atoms with Gasteiger partial charge in [-0.2, -0.15) is 0 Å². The number of aromatic amines is 1. The summed E-state index contributed by atoms with van der Waals surface area (Å²) in [6.45, 7) is 0. The van der Waals surface area contributed by atoms with Crippen LogP contribution >= 0.6 is 0 Å². The molecule has 1 atom stereocenters. The number of carbonyl (C=O) groups excluding carboxylic acids is 1. The molecule has 0 radical (unpaired) electrons. The molecule has 0 aliphatic carbocycles. The summed E-state index contributed by atoms with van der Waals surface area (Å²) in [5.41, 5.74) is 6.45. The van der Waals surface area contributed by atoms with Crippen LogP contribution in [0.25, 0.3) is 0 Å². The van der Waals surface area contributed by atoms with E-state index in [9.17, 15) is 23.5 Å². The van der Waals surface area contributed by atoms with Crippen LogP contribution in [-0.4, -0.2) is 29.2 Å². The van der Waals surface area contributed by atoms with Gasteiger partial charge in [0, 0.05) is 6.42 Å². The molecule has 10 heteroatoms. The van der Waals surface area contributed by atoms with E-state index in [2.05, 4.69) is 9.72 Å². The van der Waals surface area contributed by atoms with E-state index in [0.717, 1.165) is 12.1 Å². The number of benzene rings is 2. The van der Waals surface area contributed by atoms with Crippen LogP contribution < -0.4 is 16.2 Å². The van der Waals surface area contributed by atoms with Gasteiger partial charge < -0.3 is 24.7 Å². The molecule has 4 N–H and O–H groups in total. The fourth-order valence-corrected chi connectivity index (χ4v) is 2.77. The summed E-state index contributed by atoms with van der Waals surface area (Å²) in [5.74, 6) is -4.12. The Labute approximate surface area is 168 Å². The zero-order chi connectivity index (χ0) is 21.8. The average Bonchev–Trinajstić information content (AvgIpc) is 3.02. The number of halogens is 2. The third-order valence-electron chi connectivity index (χ3n) is 4.23. The number of hydrogen-bond donors (Lipinski definition) is 3. The summed E-state index contributed by atoms with van der Waals surface area (Å²) < 4.78 is 43.3. The van der Waals surface area contributed by atoms with Crippen molar-refractivity contribution in [3.8, 4) is 17.4 Å². The molecule has 2 aromatic carbocycles. The zero-order valence-corrected chi connectivity index (χ0v) is 15.8. The van der Waals surface area contributed by atoms with E-state index in [1.807, 2.05) is 0 Å². The number of ether oxygens (including phenoxy) is 2. The Morgan fingerprint density at radius 3 is 2.37 bits per heavy atom. The second-order valence-electron chi connectivity index (χ2n) is 6.43. The first-order valence-electron chi connectivity index (χ1n) is 8.76. The monoisotopic (exact) mass is 420 g/mol. The lowest BCUT2D eigenvalue weighted by Crippen LogP contribution is -2.33. The summed E-state index contributed by atoms with van der Waals surface area (Å²) in [5, 5.41) is 9.53. The van der Waals surface area contributed by atoms with Crippen LogP contribution in [0.1, 0.15) is 16.9 Å². The van der Waals surface area contributed by atoms with E-state index < -0.39 is 35.2 Å². The van der Waals surface area contributed by atoms with Gasteiger partial charge in [-0.1, -0.05) is 12.1 Å². The Kier molecular flexibility index (Phi) is 6.17. The number of methoxy groups -OCH3 is 1. The Balaban J connectivity index is 1.72. The first-order valence-corrected chi connectivity index (χ1v) is 8.76. The zero-order valence-electron chi connectivity index (χ0n) is 15.8. The summed E-state index contributed by atoms with van der Waals surface area (Å²) in [6, 6.07) is 7.13. The van der Waals surface area contributed by atoms with E-state index in [4.69, 9.17) is 14.9 Å². The van der Waals surface area contributed by atoms with Crippen molar-refractivity contribution >= 4 is 5.97 Å². The number of oxazole rings is 1. The van der Waals surface area contributed by atoms with Gasteiger partial charge >= 0.3 is 11.7 Å². The predicted octanol–water partition coefficient (Wildman–Crippen LogP) is 2.38. The van der Waals surface area contributed by atoms with Crippen LogP contribution in [0, 0.1) is 11.6 Å². The predicted molar refractivity (Wildman–Crippen MR) is 100 cm³/mol. The number of H-pyrrole nitrogens is 1. The quantitative estimate of drug-likeness (QED) is 0.501. The molecule has 0 bridgehead atoms. The van der Waals surface area contributed by atoms with E-state index in [1.54, 1.807) is 12.1 Å². The molecule has 3 aromatic rings. The molecular weight excluding hydrogens is 402 g/mol. The van der Waals surface area contributed by atoms with Crippen molar-refractivity contribution in [2.45, 2.75) is 18.9 Å². The van der Waals surface area contributed by atoms with E-state index in [0.29, 0.717) is 5.56 Å². The van der Waals surface area contributed by atoms with Crippen molar-refractivity contribution in [3.05, 3.63) is 75.5 Å². The molecule has 0 spiro atoms. The van der Waals surface area contributed by atoms with Crippen molar-refractivity contribution in [2.24, 2.45) is 5.73 Å². The van der Waals surface area contributed by atoms with Crippen LogP contribution in [0.15, 0.2) is 45.6 Å². The molecule has 158 valence electrons. The van der Waals surface area contributed by atoms with E-state index in [-0.39, 0.29) is 35.8 Å². The van der Waals surface area contributed by atoms with Gasteiger partial charge in [0.25, 0.3) is 0 Å². The van der Waals surface area contributed by atoms with E-state index >= 15 is 0 Å². The molecular formula is C20H18F2N2O6. The Hall–Kier alpha value is -3.66. The van der Waals surface area contributed by atoms with E-state index in [1.165, 1.54) is 19.2 Å². The molecule has 0 saturated heterocycles. The van der Waals surface area contributed by atoms with Crippen LogP contribution in [0.4, 0.5) is 8.78 Å². The van der Waals surface area contributed by atoms with Crippen molar-refractivity contribution < 1.29 is 32.6 Å². The van der Waals surface area contributed by atoms with Gasteiger partial charge in [0.15, 0.2) is 23.1 Å². The van der Waals surface area contributed by atoms with Crippen LogP contribution in [0.2, 0.25) is 0 Å². The highest BCUT2D eigenvalue weighted by molar-refractivity contribution is 5.75. The molecule has 0 aliphatic rings. The molecule has 3 rings (SSSR count). The third kappa shape index (κ3) is 4.84. The highest BCUT2D eigenvalue weighted by atomic mass is 19.1. The lowest BCUT2D eigenvalue weighted by Gasteiger charge is -2.12. The van der Waals surface area contributed by atoms with Gasteiger partial charge in [0.05, 0.1) is 7.11 Å². The topological polar surface area (TPSA) is 128 Å². The van der Waals surface area contributed by atoms with Crippen LogP contribution in [0.3, 0.4) is 0 Å².